The second kappa shape index (κ2) is 9.54. The number of anilines is 1. The number of rotatable bonds is 7. The van der Waals surface area contributed by atoms with E-state index in [-0.39, 0.29) is 11.4 Å². The lowest BCUT2D eigenvalue weighted by molar-refractivity contribution is -0.384. The average molecular weight is 463 g/mol. The maximum absolute atomic E-state index is 13.3. The molecule has 3 aromatic carbocycles. The Kier molecular flexibility index (Phi) is 6.37. The number of nitro benzene ring substituents is 1. The van der Waals surface area contributed by atoms with Crippen molar-refractivity contribution >= 4 is 28.9 Å². The van der Waals surface area contributed by atoms with Gasteiger partial charge in [-0.3, -0.25) is 19.6 Å². The number of methoxy groups -OCH3 is 1. The Balaban J connectivity index is 1.72. The maximum Gasteiger partial charge on any atom is 0.271 e. The molecule has 0 saturated heterocycles. The molecule has 0 saturated carbocycles. The molecular weight excluding hydrogens is 444 g/mol. The summed E-state index contributed by atoms with van der Waals surface area (Å²) >= 11 is 6.02. The predicted molar refractivity (Wildman–Crippen MR) is 126 cm³/mol. The number of carbonyl (C=O) groups is 1. The van der Waals surface area contributed by atoms with E-state index >= 15 is 0 Å². The number of amides is 1. The number of benzene rings is 3. The molecular formula is C24H19ClN4O4. The minimum absolute atomic E-state index is 0.163. The number of aromatic nitrogens is 2. The number of nitrogens with one attached hydrogen (secondary N) is 1. The highest BCUT2D eigenvalue weighted by Gasteiger charge is 2.21. The second-order valence-corrected chi connectivity index (χ2v) is 7.61. The molecule has 0 atom stereocenters. The lowest BCUT2D eigenvalue weighted by Crippen LogP contribution is -2.13. The summed E-state index contributed by atoms with van der Waals surface area (Å²) in [6.07, 6.45) is 1.65. The molecule has 0 fully saturated rings. The molecule has 33 heavy (non-hydrogen) atoms. The SMILES string of the molecule is COc1ccc([N+](=O)[O-])cc1NC(=O)c1cn(Cc2ccccc2)nc1-c1ccc(Cl)cc1. The minimum Gasteiger partial charge on any atom is -0.495 e. The van der Waals surface area contributed by atoms with Crippen molar-refractivity contribution in [3.63, 3.8) is 0 Å². The standard InChI is InChI=1S/C24H19ClN4O4/c1-33-22-12-11-19(29(31)32)13-21(22)26-24(30)20-15-28(14-16-5-3-2-4-6-16)27-23(20)17-7-9-18(25)10-8-17/h2-13,15H,14H2,1H3,(H,26,30). The van der Waals surface area contributed by atoms with Crippen LogP contribution in [0.3, 0.4) is 0 Å². The highest BCUT2D eigenvalue weighted by Crippen LogP contribution is 2.31. The Hall–Kier alpha value is -4.17. The van der Waals surface area contributed by atoms with Gasteiger partial charge in [-0.15, -0.1) is 0 Å². The van der Waals surface area contributed by atoms with Crippen LogP contribution >= 0.6 is 11.6 Å². The van der Waals surface area contributed by atoms with Gasteiger partial charge < -0.3 is 10.1 Å². The first kappa shape index (κ1) is 22.0. The zero-order valence-electron chi connectivity index (χ0n) is 17.6. The third kappa shape index (κ3) is 5.02. The van der Waals surface area contributed by atoms with Gasteiger partial charge in [0.25, 0.3) is 11.6 Å². The third-order valence-electron chi connectivity index (χ3n) is 4.95. The van der Waals surface area contributed by atoms with E-state index in [1.807, 2.05) is 30.3 Å². The minimum atomic E-state index is -0.536. The normalized spacial score (nSPS) is 10.6. The van der Waals surface area contributed by atoms with Crippen molar-refractivity contribution in [1.82, 2.24) is 9.78 Å². The van der Waals surface area contributed by atoms with Crippen molar-refractivity contribution in [2.75, 3.05) is 12.4 Å². The molecule has 0 aliphatic rings. The quantitative estimate of drug-likeness (QED) is 0.292. The van der Waals surface area contributed by atoms with E-state index in [4.69, 9.17) is 16.3 Å². The van der Waals surface area contributed by atoms with Crippen LogP contribution in [-0.4, -0.2) is 27.7 Å². The number of non-ortho nitro benzene ring substituents is 1. The zero-order valence-corrected chi connectivity index (χ0v) is 18.3. The Bertz CT molecular complexity index is 1300. The van der Waals surface area contributed by atoms with E-state index in [0.29, 0.717) is 34.1 Å². The van der Waals surface area contributed by atoms with Crippen molar-refractivity contribution in [2.45, 2.75) is 6.54 Å². The van der Waals surface area contributed by atoms with Crippen LogP contribution < -0.4 is 10.1 Å². The van der Waals surface area contributed by atoms with Gasteiger partial charge in [-0.25, -0.2) is 0 Å². The fourth-order valence-corrected chi connectivity index (χ4v) is 3.48. The maximum atomic E-state index is 13.3. The first-order chi connectivity index (χ1) is 15.9. The summed E-state index contributed by atoms with van der Waals surface area (Å²) in [5.74, 6) is -0.170. The summed E-state index contributed by atoms with van der Waals surface area (Å²) in [6.45, 7) is 0.467. The lowest BCUT2D eigenvalue weighted by atomic mass is 10.1. The van der Waals surface area contributed by atoms with E-state index < -0.39 is 10.8 Å². The Morgan fingerprint density at radius 3 is 2.52 bits per heavy atom. The number of hydrogen-bond donors (Lipinski definition) is 1. The van der Waals surface area contributed by atoms with Gasteiger partial charge >= 0.3 is 0 Å². The van der Waals surface area contributed by atoms with Gasteiger partial charge in [-0.05, 0) is 23.8 Å². The fraction of sp³-hybridized carbons (Fsp3) is 0.0833. The van der Waals surface area contributed by atoms with Crippen LogP contribution in [0.5, 0.6) is 5.75 Å². The number of hydrogen-bond acceptors (Lipinski definition) is 5. The van der Waals surface area contributed by atoms with Crippen molar-refractivity contribution < 1.29 is 14.5 Å². The molecule has 4 rings (SSSR count). The number of ether oxygens (including phenoxy) is 1. The van der Waals surface area contributed by atoms with E-state index in [0.717, 1.165) is 5.56 Å². The first-order valence-electron chi connectivity index (χ1n) is 9.95. The van der Waals surface area contributed by atoms with Crippen LogP contribution in [-0.2, 0) is 6.54 Å². The number of halogens is 1. The molecule has 9 heteroatoms. The van der Waals surface area contributed by atoms with E-state index in [2.05, 4.69) is 10.4 Å². The molecule has 166 valence electrons. The molecule has 1 amide bonds. The highest BCUT2D eigenvalue weighted by atomic mass is 35.5. The van der Waals surface area contributed by atoms with Crippen molar-refractivity contribution in [3.05, 3.63) is 105 Å². The Morgan fingerprint density at radius 1 is 1.12 bits per heavy atom. The van der Waals surface area contributed by atoms with Crippen molar-refractivity contribution in [2.24, 2.45) is 0 Å². The average Bonchev–Trinajstić information content (AvgIpc) is 3.24. The van der Waals surface area contributed by atoms with Crippen molar-refractivity contribution in [3.8, 4) is 17.0 Å². The van der Waals surface area contributed by atoms with Gasteiger partial charge in [0.05, 0.1) is 29.8 Å². The monoisotopic (exact) mass is 462 g/mol. The van der Waals surface area contributed by atoms with Gasteiger partial charge in [0.1, 0.15) is 11.4 Å². The predicted octanol–water partition coefficient (Wildman–Crippen LogP) is 5.42. The molecule has 0 radical (unpaired) electrons. The lowest BCUT2D eigenvalue weighted by Gasteiger charge is -2.10. The molecule has 0 spiro atoms. The summed E-state index contributed by atoms with van der Waals surface area (Å²) in [7, 11) is 1.42. The highest BCUT2D eigenvalue weighted by molar-refractivity contribution is 6.30. The second-order valence-electron chi connectivity index (χ2n) is 7.18. The van der Waals surface area contributed by atoms with Crippen LogP contribution in [0.1, 0.15) is 15.9 Å². The van der Waals surface area contributed by atoms with Crippen LogP contribution in [0.2, 0.25) is 5.02 Å². The summed E-state index contributed by atoms with van der Waals surface area (Å²) in [4.78, 5) is 23.9. The summed E-state index contributed by atoms with van der Waals surface area (Å²) in [5, 5.41) is 19.1. The summed E-state index contributed by atoms with van der Waals surface area (Å²) in [6, 6.07) is 20.7. The van der Waals surface area contributed by atoms with Gasteiger partial charge in [0, 0.05) is 28.9 Å². The van der Waals surface area contributed by atoms with Crippen LogP contribution in [0.25, 0.3) is 11.3 Å². The van der Waals surface area contributed by atoms with E-state index in [1.54, 1.807) is 35.1 Å². The molecule has 1 aromatic heterocycles. The van der Waals surface area contributed by atoms with Crippen LogP contribution in [0.15, 0.2) is 79.0 Å². The molecule has 0 aliphatic heterocycles. The first-order valence-corrected chi connectivity index (χ1v) is 10.3. The molecule has 0 unspecified atom stereocenters. The largest absolute Gasteiger partial charge is 0.495 e. The Labute approximate surface area is 194 Å². The molecule has 0 aliphatic carbocycles. The van der Waals surface area contributed by atoms with Crippen LogP contribution in [0.4, 0.5) is 11.4 Å². The van der Waals surface area contributed by atoms with Crippen molar-refractivity contribution in [1.29, 1.82) is 0 Å². The topological polar surface area (TPSA) is 99.3 Å². The smallest absolute Gasteiger partial charge is 0.271 e. The molecule has 1 heterocycles. The zero-order chi connectivity index (χ0) is 23.4. The molecule has 4 aromatic rings. The van der Waals surface area contributed by atoms with Gasteiger partial charge in [0.15, 0.2) is 0 Å². The van der Waals surface area contributed by atoms with Crippen LogP contribution in [0, 0.1) is 10.1 Å². The Morgan fingerprint density at radius 2 is 1.85 bits per heavy atom. The molecule has 1 N–H and O–H groups in total. The summed E-state index contributed by atoms with van der Waals surface area (Å²) in [5.41, 5.74) is 2.53. The van der Waals surface area contributed by atoms with Gasteiger partial charge in [-0.2, -0.15) is 5.10 Å². The van der Waals surface area contributed by atoms with Gasteiger partial charge in [-0.1, -0.05) is 54.1 Å². The summed E-state index contributed by atoms with van der Waals surface area (Å²) < 4.78 is 6.94. The van der Waals surface area contributed by atoms with Gasteiger partial charge in [0.2, 0.25) is 0 Å². The van der Waals surface area contributed by atoms with E-state index in [9.17, 15) is 14.9 Å². The number of carbonyl (C=O) groups excluding carboxylic acids is 1. The molecule has 0 bridgehead atoms. The molecule has 8 nitrogen and oxygen atoms in total. The fourth-order valence-electron chi connectivity index (χ4n) is 3.36. The number of nitrogens with zero attached hydrogens (tertiary/aromatic N) is 3. The third-order valence-corrected chi connectivity index (χ3v) is 5.21. The number of nitro groups is 1. The van der Waals surface area contributed by atoms with E-state index in [1.165, 1.54) is 25.3 Å².